The Kier molecular flexibility index (Phi) is 4.09. The Bertz CT molecular complexity index is 23.6. The highest BCUT2D eigenvalue weighted by Crippen LogP contribution is 2.07. The lowest BCUT2D eigenvalue weighted by molar-refractivity contribution is 0.529. The SMILES string of the molecule is FCC(Br)I. The molecule has 0 aliphatic carbocycles. The van der Waals surface area contributed by atoms with Gasteiger partial charge in [0.05, 0.1) is 2.83 Å². The zero-order valence-electron chi connectivity index (χ0n) is 2.42. The third kappa shape index (κ3) is 5.14. The van der Waals surface area contributed by atoms with Crippen LogP contribution in [0.5, 0.6) is 0 Å². The summed E-state index contributed by atoms with van der Waals surface area (Å²) in [4.78, 5) is 0. The van der Waals surface area contributed by atoms with Crippen molar-refractivity contribution in [3.05, 3.63) is 0 Å². The summed E-state index contributed by atoms with van der Waals surface area (Å²) in [6, 6.07) is 0. The van der Waals surface area contributed by atoms with Gasteiger partial charge in [-0.1, -0.05) is 38.5 Å². The topological polar surface area (TPSA) is 0 Å². The molecule has 0 nitrogen and oxygen atoms in total. The van der Waals surface area contributed by atoms with E-state index >= 15 is 0 Å². The fourth-order valence-corrected chi connectivity index (χ4v) is 0. The first-order valence-electron chi connectivity index (χ1n) is 1.11. The lowest BCUT2D eigenvalue weighted by Gasteiger charge is -1.82. The van der Waals surface area contributed by atoms with E-state index < -0.39 is 0 Å². The van der Waals surface area contributed by atoms with Crippen molar-refractivity contribution in [3.8, 4) is 0 Å². The van der Waals surface area contributed by atoms with Gasteiger partial charge in [0.2, 0.25) is 0 Å². The standard InChI is InChI=1S/C2H3BrFI/c3-2(5)1-4/h2H,1H2. The largest absolute Gasteiger partial charge is 0.249 e. The van der Waals surface area contributed by atoms with E-state index in [1.54, 1.807) is 0 Å². The molecule has 0 bridgehead atoms. The lowest BCUT2D eigenvalue weighted by atomic mass is 10.9. The molecule has 0 aliphatic heterocycles. The monoisotopic (exact) mass is 252 g/mol. The second-order valence-electron chi connectivity index (χ2n) is 0.545. The van der Waals surface area contributed by atoms with Crippen molar-refractivity contribution in [2.75, 3.05) is 6.67 Å². The molecule has 0 fully saturated rings. The minimum Gasteiger partial charge on any atom is -0.249 e. The quantitative estimate of drug-likeness (QED) is 0.495. The van der Waals surface area contributed by atoms with Crippen LogP contribution in [0.1, 0.15) is 0 Å². The predicted octanol–water partition coefficient (Wildman–Crippen LogP) is 2.11. The van der Waals surface area contributed by atoms with E-state index in [2.05, 4.69) is 15.9 Å². The van der Waals surface area contributed by atoms with E-state index in [1.165, 1.54) is 0 Å². The first kappa shape index (κ1) is 6.14. The zero-order valence-corrected chi connectivity index (χ0v) is 6.16. The molecular weight excluding hydrogens is 250 g/mol. The Morgan fingerprint density at radius 2 is 2.20 bits per heavy atom. The molecule has 0 amide bonds. The van der Waals surface area contributed by atoms with Crippen LogP contribution in [-0.2, 0) is 0 Å². The molecule has 1 atom stereocenters. The minimum absolute atomic E-state index is 0.0000926. The van der Waals surface area contributed by atoms with E-state index in [0.717, 1.165) is 0 Å². The molecule has 0 rings (SSSR count). The summed E-state index contributed by atoms with van der Waals surface area (Å²) in [5, 5.41) is 0. The Morgan fingerprint density at radius 3 is 2.20 bits per heavy atom. The summed E-state index contributed by atoms with van der Waals surface area (Å²) in [5.41, 5.74) is 0. The molecular formula is C2H3BrFI. The average molecular weight is 253 g/mol. The van der Waals surface area contributed by atoms with Gasteiger partial charge in [-0.05, 0) is 0 Å². The third-order valence-electron chi connectivity index (χ3n) is 0.117. The highest BCUT2D eigenvalue weighted by Gasteiger charge is 1.89. The van der Waals surface area contributed by atoms with Crippen LogP contribution in [0.25, 0.3) is 0 Å². The Labute approximate surface area is 52.4 Å². The molecule has 0 radical (unpaired) electrons. The van der Waals surface area contributed by atoms with Crippen molar-refractivity contribution in [1.82, 2.24) is 0 Å². The molecule has 0 aromatic carbocycles. The van der Waals surface area contributed by atoms with Crippen LogP contribution in [0.15, 0.2) is 0 Å². The van der Waals surface area contributed by atoms with Crippen LogP contribution in [0.2, 0.25) is 0 Å². The Hall–Kier alpha value is 1.14. The molecule has 0 aliphatic rings. The molecule has 3 heteroatoms. The summed E-state index contributed by atoms with van der Waals surface area (Å²) in [6.07, 6.45) is 0. The van der Waals surface area contributed by atoms with Crippen LogP contribution < -0.4 is 0 Å². The first-order valence-corrected chi connectivity index (χ1v) is 3.27. The van der Waals surface area contributed by atoms with Crippen LogP contribution in [-0.4, -0.2) is 9.51 Å². The molecule has 32 valence electrons. The number of alkyl halides is 3. The smallest absolute Gasteiger partial charge is 0.111 e. The molecule has 0 N–H and O–H groups in total. The molecule has 1 unspecified atom stereocenters. The molecule has 0 heterocycles. The van der Waals surface area contributed by atoms with Gasteiger partial charge in [0.15, 0.2) is 0 Å². The third-order valence-corrected chi connectivity index (χ3v) is 0.694. The number of rotatable bonds is 1. The zero-order chi connectivity index (χ0) is 4.28. The average Bonchev–Trinajstić information content (AvgIpc) is 1.38. The molecule has 0 saturated heterocycles. The Morgan fingerprint density at radius 1 is 2.00 bits per heavy atom. The van der Waals surface area contributed by atoms with Crippen molar-refractivity contribution in [2.45, 2.75) is 2.83 Å². The van der Waals surface area contributed by atoms with Crippen LogP contribution in [0.3, 0.4) is 0 Å². The van der Waals surface area contributed by atoms with Crippen LogP contribution >= 0.6 is 38.5 Å². The summed E-state index contributed by atoms with van der Waals surface area (Å²) in [6.45, 7) is -0.291. The van der Waals surface area contributed by atoms with Crippen molar-refractivity contribution >= 4 is 38.5 Å². The van der Waals surface area contributed by atoms with Gasteiger partial charge in [0.25, 0.3) is 0 Å². The molecule has 0 spiro atoms. The summed E-state index contributed by atoms with van der Waals surface area (Å²) >= 11 is 4.93. The maximum Gasteiger partial charge on any atom is 0.111 e. The van der Waals surface area contributed by atoms with E-state index in [4.69, 9.17) is 0 Å². The highest BCUT2D eigenvalue weighted by atomic mass is 127. The number of hydrogen-bond donors (Lipinski definition) is 0. The van der Waals surface area contributed by atoms with Gasteiger partial charge in [-0.2, -0.15) is 0 Å². The fraction of sp³-hybridized carbons (Fsp3) is 1.00. The number of hydrogen-bond acceptors (Lipinski definition) is 0. The minimum atomic E-state index is -0.291. The van der Waals surface area contributed by atoms with Gasteiger partial charge in [-0.3, -0.25) is 0 Å². The maximum absolute atomic E-state index is 11.1. The summed E-state index contributed by atoms with van der Waals surface area (Å²) in [7, 11) is 0. The second kappa shape index (κ2) is 3.33. The van der Waals surface area contributed by atoms with E-state index in [0.29, 0.717) is 0 Å². The van der Waals surface area contributed by atoms with Crippen molar-refractivity contribution in [3.63, 3.8) is 0 Å². The van der Waals surface area contributed by atoms with Crippen molar-refractivity contribution in [2.24, 2.45) is 0 Å². The maximum atomic E-state index is 11.1. The van der Waals surface area contributed by atoms with Crippen LogP contribution in [0, 0.1) is 0 Å². The summed E-state index contributed by atoms with van der Waals surface area (Å²) in [5.74, 6) is 0. The van der Waals surface area contributed by atoms with Crippen molar-refractivity contribution in [1.29, 1.82) is 0 Å². The van der Waals surface area contributed by atoms with E-state index in [9.17, 15) is 4.39 Å². The van der Waals surface area contributed by atoms with Gasteiger partial charge in [0, 0.05) is 0 Å². The predicted molar refractivity (Wildman–Crippen MR) is 32.7 cm³/mol. The summed E-state index contributed by atoms with van der Waals surface area (Å²) < 4.78 is 11.1. The van der Waals surface area contributed by atoms with E-state index in [-0.39, 0.29) is 9.51 Å². The fourth-order valence-electron chi connectivity index (χ4n) is 0. The van der Waals surface area contributed by atoms with Gasteiger partial charge >= 0.3 is 0 Å². The molecule has 0 saturated carbocycles. The van der Waals surface area contributed by atoms with Gasteiger partial charge < -0.3 is 0 Å². The Balaban J connectivity index is 2.54. The molecule has 0 aromatic heterocycles. The second-order valence-corrected chi connectivity index (χ2v) is 4.87. The van der Waals surface area contributed by atoms with Crippen LogP contribution in [0.4, 0.5) is 4.39 Å². The van der Waals surface area contributed by atoms with Crippen molar-refractivity contribution < 1.29 is 4.39 Å². The highest BCUT2D eigenvalue weighted by molar-refractivity contribution is 14.1. The molecule has 0 aromatic rings. The van der Waals surface area contributed by atoms with E-state index in [1.807, 2.05) is 22.6 Å². The number of halogens is 3. The first-order chi connectivity index (χ1) is 2.27. The lowest BCUT2D eigenvalue weighted by Crippen LogP contribution is -1.81. The van der Waals surface area contributed by atoms with Gasteiger partial charge in [0.1, 0.15) is 6.67 Å². The van der Waals surface area contributed by atoms with Gasteiger partial charge in [-0.15, -0.1) is 0 Å². The normalized spacial score (nSPS) is 15.0. The van der Waals surface area contributed by atoms with Gasteiger partial charge in [-0.25, -0.2) is 4.39 Å². The molecule has 5 heavy (non-hydrogen) atoms.